The fraction of sp³-hybridized carbons (Fsp3) is 0.0333. The number of nitrogens with zero attached hydrogens (tertiary/aromatic N) is 1. The van der Waals surface area contributed by atoms with E-state index in [1.807, 2.05) is 0 Å². The summed E-state index contributed by atoms with van der Waals surface area (Å²) in [5.41, 5.74) is 0.706. The van der Waals surface area contributed by atoms with E-state index >= 15 is 0 Å². The molecule has 10 heteroatoms. The van der Waals surface area contributed by atoms with E-state index in [1.54, 1.807) is 60.7 Å². The van der Waals surface area contributed by atoms with E-state index in [-0.39, 0.29) is 34.0 Å². The van der Waals surface area contributed by atoms with Gasteiger partial charge in [-0.1, -0.05) is 54.6 Å². The second-order valence-electron chi connectivity index (χ2n) is 8.40. The van der Waals surface area contributed by atoms with E-state index < -0.39 is 22.6 Å². The van der Waals surface area contributed by atoms with Gasteiger partial charge in [-0.05, 0) is 42.5 Å². The predicted octanol–water partition coefficient (Wildman–Crippen LogP) is 6.12. The highest BCUT2D eigenvalue weighted by Gasteiger charge is 2.17. The zero-order valence-electron chi connectivity index (χ0n) is 20.9. The second kappa shape index (κ2) is 13.1. The van der Waals surface area contributed by atoms with Crippen molar-refractivity contribution < 1.29 is 23.7 Å². The summed E-state index contributed by atoms with van der Waals surface area (Å²) in [4.78, 5) is 49.6. The number of benzene rings is 4. The van der Waals surface area contributed by atoms with Crippen molar-refractivity contribution in [3.63, 3.8) is 0 Å². The van der Waals surface area contributed by atoms with Crippen molar-refractivity contribution in [3.8, 4) is 0 Å². The number of carbonyl (C=O) groups is 3. The third-order valence-electron chi connectivity index (χ3n) is 5.57. The number of nitro benzene ring substituents is 1. The van der Waals surface area contributed by atoms with Gasteiger partial charge in [0.25, 0.3) is 17.5 Å². The Morgan fingerprint density at radius 3 is 2.30 bits per heavy atom. The molecule has 4 rings (SSSR count). The van der Waals surface area contributed by atoms with Crippen molar-refractivity contribution in [2.75, 3.05) is 11.1 Å². The van der Waals surface area contributed by atoms with Gasteiger partial charge in [0.2, 0.25) is 0 Å². The number of Topliss-reactive ketones (excluding diaryl/α,β-unsaturated/α-hetero) is 1. The number of halogens is 1. The lowest BCUT2D eigenvalue weighted by Crippen LogP contribution is -2.30. The zero-order chi connectivity index (χ0) is 28.5. The van der Waals surface area contributed by atoms with Crippen LogP contribution in [0.5, 0.6) is 0 Å². The van der Waals surface area contributed by atoms with Gasteiger partial charge in [0.05, 0.1) is 10.7 Å². The Balaban J connectivity index is 1.49. The summed E-state index contributed by atoms with van der Waals surface area (Å²) < 4.78 is 14.3. The van der Waals surface area contributed by atoms with Gasteiger partial charge in [-0.3, -0.25) is 24.5 Å². The molecule has 0 spiro atoms. The van der Waals surface area contributed by atoms with Crippen molar-refractivity contribution in [1.29, 1.82) is 0 Å². The molecule has 0 saturated carbocycles. The van der Waals surface area contributed by atoms with E-state index in [0.717, 1.165) is 0 Å². The Labute approximate surface area is 233 Å². The predicted molar refractivity (Wildman–Crippen MR) is 152 cm³/mol. The first-order chi connectivity index (χ1) is 19.3. The average molecular weight is 556 g/mol. The van der Waals surface area contributed by atoms with Gasteiger partial charge in [0, 0.05) is 39.4 Å². The summed E-state index contributed by atoms with van der Waals surface area (Å²) in [7, 11) is 0. The van der Waals surface area contributed by atoms with Gasteiger partial charge >= 0.3 is 0 Å². The Morgan fingerprint density at radius 1 is 0.850 bits per heavy atom. The lowest BCUT2D eigenvalue weighted by Gasteiger charge is -2.12. The first kappa shape index (κ1) is 27.9. The van der Waals surface area contributed by atoms with Crippen LogP contribution in [-0.4, -0.2) is 28.3 Å². The van der Waals surface area contributed by atoms with Crippen LogP contribution in [0.25, 0.3) is 6.08 Å². The van der Waals surface area contributed by atoms with Crippen LogP contribution in [0.1, 0.15) is 26.3 Å². The summed E-state index contributed by atoms with van der Waals surface area (Å²) in [5.74, 6) is -2.05. The van der Waals surface area contributed by atoms with Crippen LogP contribution >= 0.6 is 11.8 Å². The van der Waals surface area contributed by atoms with Gasteiger partial charge in [-0.25, -0.2) is 4.39 Å². The van der Waals surface area contributed by atoms with Crippen LogP contribution in [0.4, 0.5) is 15.8 Å². The maximum absolute atomic E-state index is 14.3. The van der Waals surface area contributed by atoms with Crippen molar-refractivity contribution in [1.82, 2.24) is 5.32 Å². The third-order valence-corrected chi connectivity index (χ3v) is 6.57. The van der Waals surface area contributed by atoms with E-state index in [9.17, 15) is 28.9 Å². The molecule has 40 heavy (non-hydrogen) atoms. The molecule has 4 aromatic carbocycles. The number of thioether (sulfide) groups is 1. The number of anilines is 1. The van der Waals surface area contributed by atoms with Gasteiger partial charge in [-0.15, -0.1) is 11.8 Å². The fourth-order valence-electron chi connectivity index (χ4n) is 3.58. The topological polar surface area (TPSA) is 118 Å². The summed E-state index contributed by atoms with van der Waals surface area (Å²) in [5, 5.41) is 16.2. The molecule has 0 unspecified atom stereocenters. The average Bonchev–Trinajstić information content (AvgIpc) is 2.97. The van der Waals surface area contributed by atoms with Crippen LogP contribution in [0.15, 0.2) is 114 Å². The number of ketones is 1. The van der Waals surface area contributed by atoms with E-state index in [2.05, 4.69) is 10.6 Å². The molecular formula is C30H22FN3O5S. The molecular weight excluding hydrogens is 533 g/mol. The zero-order valence-corrected chi connectivity index (χ0v) is 21.7. The maximum Gasteiger partial charge on any atom is 0.272 e. The Morgan fingerprint density at radius 2 is 1.55 bits per heavy atom. The molecule has 2 N–H and O–H groups in total. The molecule has 0 bridgehead atoms. The lowest BCUT2D eigenvalue weighted by atomic mass is 10.1. The molecule has 0 heterocycles. The first-order valence-corrected chi connectivity index (χ1v) is 12.9. The van der Waals surface area contributed by atoms with Crippen molar-refractivity contribution >= 4 is 46.8 Å². The first-order valence-electron chi connectivity index (χ1n) is 11.9. The van der Waals surface area contributed by atoms with Gasteiger partial charge in [0.15, 0.2) is 5.78 Å². The van der Waals surface area contributed by atoms with E-state index in [0.29, 0.717) is 16.1 Å². The maximum atomic E-state index is 14.3. The van der Waals surface area contributed by atoms with Crippen molar-refractivity contribution in [2.45, 2.75) is 4.90 Å². The molecule has 0 aliphatic heterocycles. The molecule has 0 atom stereocenters. The molecule has 2 amide bonds. The molecule has 8 nitrogen and oxygen atoms in total. The van der Waals surface area contributed by atoms with Crippen LogP contribution in [0, 0.1) is 15.9 Å². The van der Waals surface area contributed by atoms with Crippen LogP contribution in [0.3, 0.4) is 0 Å². The number of nitrogens with one attached hydrogen (secondary N) is 2. The molecule has 0 fully saturated rings. The molecule has 0 aliphatic carbocycles. The highest BCUT2D eigenvalue weighted by atomic mass is 32.2. The largest absolute Gasteiger partial charge is 0.321 e. The molecule has 200 valence electrons. The second-order valence-corrected chi connectivity index (χ2v) is 9.45. The Bertz CT molecular complexity index is 1610. The molecule has 0 aromatic heterocycles. The normalized spacial score (nSPS) is 11.0. The summed E-state index contributed by atoms with van der Waals surface area (Å²) >= 11 is 1.20. The van der Waals surface area contributed by atoms with Crippen LogP contribution in [-0.2, 0) is 4.79 Å². The highest BCUT2D eigenvalue weighted by molar-refractivity contribution is 8.00. The number of amides is 2. The SMILES string of the molecule is O=C(Nc1cccc(SCC(=O)c2cccc([N+](=O)[O-])c2)c1)/C(=C/c1ccccc1F)NC(=O)c1ccccc1. The molecule has 4 aromatic rings. The number of nitro groups is 1. The fourth-order valence-corrected chi connectivity index (χ4v) is 4.43. The minimum absolute atomic E-state index is 0.0180. The van der Waals surface area contributed by atoms with E-state index in [1.165, 1.54) is 60.3 Å². The third kappa shape index (κ3) is 7.49. The number of non-ortho nitro benzene ring substituents is 1. The minimum Gasteiger partial charge on any atom is -0.321 e. The number of rotatable bonds is 10. The quantitative estimate of drug-likeness (QED) is 0.0800. The standard InChI is InChI=1S/C30H22FN3O5S/c31-26-15-5-4-10-21(26)17-27(33-29(36)20-8-2-1-3-9-20)30(37)32-23-12-7-14-25(18-23)40-19-28(35)22-11-6-13-24(16-22)34(38)39/h1-18H,19H2,(H,32,37)(H,33,36)/b27-17-. The molecule has 0 radical (unpaired) electrons. The van der Waals surface area contributed by atoms with Crippen LogP contribution < -0.4 is 10.6 Å². The highest BCUT2D eigenvalue weighted by Crippen LogP contribution is 2.24. The summed E-state index contributed by atoms with van der Waals surface area (Å²) in [6.45, 7) is 0. The Kier molecular flexibility index (Phi) is 9.16. The molecule has 0 aliphatic rings. The van der Waals surface area contributed by atoms with E-state index in [4.69, 9.17) is 0 Å². The minimum atomic E-state index is -0.678. The number of carbonyl (C=O) groups excluding carboxylic acids is 3. The number of hydrogen-bond acceptors (Lipinski definition) is 6. The van der Waals surface area contributed by atoms with Crippen LogP contribution in [0.2, 0.25) is 0 Å². The van der Waals surface area contributed by atoms with Crippen molar-refractivity contribution in [3.05, 3.63) is 141 Å². The van der Waals surface area contributed by atoms with Crippen molar-refractivity contribution in [2.24, 2.45) is 0 Å². The summed E-state index contributed by atoms with van der Waals surface area (Å²) in [6.07, 6.45) is 1.25. The van der Waals surface area contributed by atoms with Gasteiger partial charge in [0.1, 0.15) is 11.5 Å². The molecule has 0 saturated heterocycles. The van der Waals surface area contributed by atoms with Gasteiger partial charge < -0.3 is 10.6 Å². The Hall–Kier alpha value is -5.09. The summed E-state index contributed by atoms with van der Waals surface area (Å²) in [6, 6.07) is 26.3. The van der Waals surface area contributed by atoms with Gasteiger partial charge in [-0.2, -0.15) is 0 Å². The monoisotopic (exact) mass is 555 g/mol. The lowest BCUT2D eigenvalue weighted by molar-refractivity contribution is -0.384. The smallest absolute Gasteiger partial charge is 0.272 e. The number of hydrogen-bond donors (Lipinski definition) is 2.